The zero-order chi connectivity index (χ0) is 11.3. The summed E-state index contributed by atoms with van der Waals surface area (Å²) in [4.78, 5) is 23.7. The molecule has 15 heavy (non-hydrogen) atoms. The van der Waals surface area contributed by atoms with E-state index in [2.05, 4.69) is 9.17 Å². The van der Waals surface area contributed by atoms with E-state index in [1.807, 2.05) is 0 Å². The van der Waals surface area contributed by atoms with Gasteiger partial charge < -0.3 is 4.18 Å². The van der Waals surface area contributed by atoms with Gasteiger partial charge in [0.25, 0.3) is 5.69 Å². The fourth-order valence-electron chi connectivity index (χ4n) is 0.608. The van der Waals surface area contributed by atoms with Gasteiger partial charge in [0.1, 0.15) is 22.3 Å². The lowest BCUT2D eigenvalue weighted by molar-refractivity contribution is -0.385. The summed E-state index contributed by atoms with van der Waals surface area (Å²) in [5.74, 6) is 0. The molecule has 1 aromatic heterocycles. The topological polar surface area (TPSA) is 82.3 Å². The lowest BCUT2D eigenvalue weighted by Gasteiger charge is -1.96. The molecule has 0 fully saturated rings. The fraction of sp³-hybridized carbons (Fsp3) is 0. The molecule has 0 aliphatic rings. The van der Waals surface area contributed by atoms with Crippen LogP contribution in [0.5, 0.6) is 0 Å². The Hall–Kier alpha value is -0.990. The van der Waals surface area contributed by atoms with Crippen molar-refractivity contribution in [2.45, 2.75) is 5.03 Å². The smallest absolute Gasteiger partial charge is 0.367 e. The summed E-state index contributed by atoms with van der Waals surface area (Å²) in [6, 6.07) is 2.75. The lowest BCUT2D eigenvalue weighted by atomic mass is 10.4. The van der Waals surface area contributed by atoms with Gasteiger partial charge in [0, 0.05) is 28.5 Å². The van der Waals surface area contributed by atoms with Crippen LogP contribution in [0.3, 0.4) is 0 Å². The number of hydrogen-bond acceptors (Lipinski definition) is 7. The Morgan fingerprint density at radius 3 is 2.80 bits per heavy atom. The van der Waals surface area contributed by atoms with Crippen LogP contribution in [0.2, 0.25) is 0 Å². The maximum Gasteiger partial charge on any atom is 0.416 e. The average Bonchev–Trinajstić information content (AvgIpc) is 2.18. The Bertz CT molecular complexity index is 372. The highest BCUT2D eigenvalue weighted by Crippen LogP contribution is 2.31. The maximum atomic E-state index is 10.3. The van der Waals surface area contributed by atoms with Gasteiger partial charge in [-0.3, -0.25) is 10.1 Å². The monoisotopic (exact) mass is 266 g/mol. The van der Waals surface area contributed by atoms with Crippen molar-refractivity contribution in [3.63, 3.8) is 0 Å². The summed E-state index contributed by atoms with van der Waals surface area (Å²) in [6.45, 7) is 0. The molecule has 0 amide bonds. The number of aromatic nitrogens is 1. The standard InChI is InChI=1S/C6H3ClN2O4S2/c7-6(10)13-15-14-5-2-1-4(3-8-5)9(11)12/h1-3H. The molecule has 0 spiro atoms. The minimum atomic E-state index is -0.936. The molecule has 0 radical (unpaired) electrons. The maximum absolute atomic E-state index is 10.3. The third-order valence-electron chi connectivity index (χ3n) is 1.15. The third-order valence-corrected chi connectivity index (χ3v) is 2.94. The summed E-state index contributed by atoms with van der Waals surface area (Å²) in [7, 11) is 1.02. The first-order chi connectivity index (χ1) is 7.09. The molecule has 1 aromatic rings. The molecule has 80 valence electrons. The number of hydrogen-bond donors (Lipinski definition) is 0. The summed E-state index contributed by atoms with van der Waals surface area (Å²) in [5.41, 5.74) is -1.03. The van der Waals surface area contributed by atoms with Crippen LogP contribution in [0, 0.1) is 10.1 Å². The molecule has 6 nitrogen and oxygen atoms in total. The van der Waals surface area contributed by atoms with Crippen LogP contribution in [0.25, 0.3) is 0 Å². The van der Waals surface area contributed by atoms with E-state index < -0.39 is 10.4 Å². The summed E-state index contributed by atoms with van der Waals surface area (Å²) < 4.78 is 4.36. The van der Waals surface area contributed by atoms with Crippen molar-refractivity contribution in [1.82, 2.24) is 4.98 Å². The molecular weight excluding hydrogens is 264 g/mol. The number of nitro groups is 1. The first-order valence-electron chi connectivity index (χ1n) is 3.40. The number of pyridine rings is 1. The van der Waals surface area contributed by atoms with Gasteiger partial charge in [-0.05, 0) is 6.07 Å². The van der Waals surface area contributed by atoms with Crippen molar-refractivity contribution in [3.05, 3.63) is 28.4 Å². The predicted molar refractivity (Wildman–Crippen MR) is 56.7 cm³/mol. The summed E-state index contributed by atoms with van der Waals surface area (Å²) in [5, 5.41) is 10.8. The van der Waals surface area contributed by atoms with Gasteiger partial charge in [-0.1, -0.05) is 0 Å². The molecule has 0 aromatic carbocycles. The van der Waals surface area contributed by atoms with Crippen molar-refractivity contribution < 1.29 is 13.9 Å². The molecular formula is C6H3ClN2O4S2. The van der Waals surface area contributed by atoms with Crippen molar-refractivity contribution in [3.8, 4) is 0 Å². The second kappa shape index (κ2) is 5.79. The zero-order valence-corrected chi connectivity index (χ0v) is 9.34. The second-order valence-corrected chi connectivity index (χ2v) is 4.19. The molecule has 1 rings (SSSR count). The molecule has 0 saturated carbocycles. The number of carbonyl (C=O) groups is 1. The van der Waals surface area contributed by atoms with Crippen LogP contribution in [-0.4, -0.2) is 15.3 Å². The van der Waals surface area contributed by atoms with E-state index in [0.717, 1.165) is 28.1 Å². The zero-order valence-electron chi connectivity index (χ0n) is 6.95. The second-order valence-electron chi connectivity index (χ2n) is 2.08. The lowest BCUT2D eigenvalue weighted by Crippen LogP contribution is -1.88. The Morgan fingerprint density at radius 1 is 1.60 bits per heavy atom. The van der Waals surface area contributed by atoms with Crippen LogP contribution in [-0.2, 0) is 4.18 Å². The Kier molecular flexibility index (Phi) is 4.66. The van der Waals surface area contributed by atoms with E-state index in [1.165, 1.54) is 12.1 Å². The van der Waals surface area contributed by atoms with Crippen LogP contribution in [0.1, 0.15) is 0 Å². The van der Waals surface area contributed by atoms with Crippen LogP contribution >= 0.6 is 33.5 Å². The van der Waals surface area contributed by atoms with E-state index in [4.69, 9.17) is 11.6 Å². The Balaban J connectivity index is 2.50. The van der Waals surface area contributed by atoms with E-state index in [-0.39, 0.29) is 5.69 Å². The van der Waals surface area contributed by atoms with Crippen LogP contribution in [0.4, 0.5) is 10.5 Å². The number of nitrogens with zero attached hydrogens (tertiary/aromatic N) is 2. The normalized spacial score (nSPS) is 9.67. The van der Waals surface area contributed by atoms with Gasteiger partial charge >= 0.3 is 5.43 Å². The van der Waals surface area contributed by atoms with Gasteiger partial charge in [0.05, 0.1) is 4.92 Å². The van der Waals surface area contributed by atoms with Gasteiger partial charge in [0.15, 0.2) is 0 Å². The minimum Gasteiger partial charge on any atom is -0.367 e. The van der Waals surface area contributed by atoms with E-state index >= 15 is 0 Å². The van der Waals surface area contributed by atoms with Crippen LogP contribution in [0.15, 0.2) is 23.4 Å². The summed E-state index contributed by atoms with van der Waals surface area (Å²) >= 11 is 5.64. The SMILES string of the molecule is O=C(Cl)OSSc1ccc([N+](=O)[O-])cn1. The van der Waals surface area contributed by atoms with E-state index in [9.17, 15) is 14.9 Å². The average molecular weight is 267 g/mol. The molecule has 9 heteroatoms. The first-order valence-corrected chi connectivity index (χ1v) is 5.86. The number of rotatable bonds is 4. The highest BCUT2D eigenvalue weighted by atomic mass is 35.5. The fourth-order valence-corrected chi connectivity index (χ4v) is 1.98. The van der Waals surface area contributed by atoms with Crippen molar-refractivity contribution in [2.24, 2.45) is 0 Å². The molecule has 0 bridgehead atoms. The third kappa shape index (κ3) is 4.36. The predicted octanol–water partition coefficient (Wildman–Crippen LogP) is 3.02. The molecule has 0 aliphatic carbocycles. The highest BCUT2D eigenvalue weighted by Gasteiger charge is 2.06. The minimum absolute atomic E-state index is 0.0984. The molecule has 1 heterocycles. The van der Waals surface area contributed by atoms with Crippen LogP contribution < -0.4 is 0 Å². The van der Waals surface area contributed by atoms with Gasteiger partial charge in [-0.15, -0.1) is 0 Å². The van der Waals surface area contributed by atoms with Gasteiger partial charge in [-0.2, -0.15) is 0 Å². The van der Waals surface area contributed by atoms with Crippen molar-refractivity contribution in [2.75, 3.05) is 0 Å². The van der Waals surface area contributed by atoms with Gasteiger partial charge in [-0.25, -0.2) is 9.78 Å². The molecule has 0 N–H and O–H groups in total. The molecule has 0 aliphatic heterocycles. The Labute approximate surface area is 97.1 Å². The molecule has 0 unspecified atom stereocenters. The first kappa shape index (κ1) is 12.1. The number of halogens is 1. The number of carbonyl (C=O) groups excluding carboxylic acids is 1. The molecule has 0 saturated heterocycles. The quantitative estimate of drug-likeness (QED) is 0.272. The summed E-state index contributed by atoms with van der Waals surface area (Å²) in [6.07, 6.45) is 1.12. The van der Waals surface area contributed by atoms with E-state index in [1.54, 1.807) is 0 Å². The van der Waals surface area contributed by atoms with E-state index in [0.29, 0.717) is 5.03 Å². The largest absolute Gasteiger partial charge is 0.416 e. The Morgan fingerprint density at radius 2 is 2.33 bits per heavy atom. The van der Waals surface area contributed by atoms with Crippen molar-refractivity contribution in [1.29, 1.82) is 0 Å². The highest BCUT2D eigenvalue weighted by molar-refractivity contribution is 8.75. The molecule has 0 atom stereocenters. The van der Waals surface area contributed by atoms with Crippen molar-refractivity contribution >= 4 is 44.6 Å². The van der Waals surface area contributed by atoms with Gasteiger partial charge in [0.2, 0.25) is 0 Å².